The van der Waals surface area contributed by atoms with Crippen molar-refractivity contribution < 1.29 is 14.4 Å². The van der Waals surface area contributed by atoms with Crippen molar-refractivity contribution in [1.29, 1.82) is 0 Å². The first kappa shape index (κ1) is 11.6. The number of amides is 3. The van der Waals surface area contributed by atoms with E-state index in [1.54, 1.807) is 13.8 Å². The van der Waals surface area contributed by atoms with Crippen LogP contribution in [0.1, 0.15) is 20.3 Å². The molecule has 1 aliphatic rings. The van der Waals surface area contributed by atoms with Crippen LogP contribution in [-0.2, 0) is 14.4 Å². The van der Waals surface area contributed by atoms with E-state index in [4.69, 9.17) is 5.73 Å². The summed E-state index contributed by atoms with van der Waals surface area (Å²) < 4.78 is 0. The Bertz CT molecular complexity index is 303. The fourth-order valence-electron chi connectivity index (χ4n) is 1.53. The highest BCUT2D eigenvalue weighted by Crippen LogP contribution is 2.12. The van der Waals surface area contributed by atoms with Crippen molar-refractivity contribution in [2.24, 2.45) is 5.73 Å². The second-order valence-electron chi connectivity index (χ2n) is 3.52. The van der Waals surface area contributed by atoms with Gasteiger partial charge in [-0.25, -0.2) is 0 Å². The highest BCUT2D eigenvalue weighted by Gasteiger charge is 2.38. The van der Waals surface area contributed by atoms with Gasteiger partial charge in [0, 0.05) is 6.54 Å². The van der Waals surface area contributed by atoms with Gasteiger partial charge in [0.15, 0.2) is 0 Å². The van der Waals surface area contributed by atoms with E-state index in [0.717, 1.165) is 0 Å². The van der Waals surface area contributed by atoms with Gasteiger partial charge in [0.1, 0.15) is 0 Å². The van der Waals surface area contributed by atoms with E-state index >= 15 is 0 Å². The zero-order valence-electron chi connectivity index (χ0n) is 8.82. The van der Waals surface area contributed by atoms with Gasteiger partial charge in [-0.05, 0) is 13.8 Å². The molecule has 0 radical (unpaired) electrons. The fraction of sp³-hybridized carbons (Fsp3) is 0.667. The van der Waals surface area contributed by atoms with Gasteiger partial charge in [0.25, 0.3) is 0 Å². The van der Waals surface area contributed by atoms with Gasteiger partial charge in [-0.1, -0.05) is 0 Å². The molecule has 1 heterocycles. The zero-order valence-corrected chi connectivity index (χ0v) is 8.82. The number of carbonyl (C=O) groups is 3. The van der Waals surface area contributed by atoms with Crippen LogP contribution in [0.4, 0.5) is 0 Å². The number of likely N-dealkylation sites (N-methyl/N-ethyl adjacent to an activating group) is 1. The zero-order chi connectivity index (χ0) is 11.6. The third kappa shape index (κ3) is 2.33. The number of nitrogens with two attached hydrogens (primary N) is 1. The van der Waals surface area contributed by atoms with Crippen molar-refractivity contribution >= 4 is 17.7 Å². The van der Waals surface area contributed by atoms with Gasteiger partial charge < -0.3 is 5.73 Å². The second kappa shape index (κ2) is 4.39. The Morgan fingerprint density at radius 2 is 2.27 bits per heavy atom. The molecule has 3 N–H and O–H groups in total. The Balaban J connectivity index is 2.63. The third-order valence-corrected chi connectivity index (χ3v) is 2.44. The number of likely N-dealkylation sites (tertiary alicyclic amines) is 1. The number of nitrogens with zero attached hydrogens (tertiary/aromatic N) is 1. The molecule has 1 fully saturated rings. The summed E-state index contributed by atoms with van der Waals surface area (Å²) in [5.74, 6) is -1.03. The maximum absolute atomic E-state index is 11.6. The number of carbonyl (C=O) groups excluding carboxylic acids is 3. The minimum atomic E-state index is -0.611. The van der Waals surface area contributed by atoms with Crippen molar-refractivity contribution in [2.75, 3.05) is 6.54 Å². The number of nitrogens with one attached hydrogen (secondary N) is 1. The molecule has 0 spiro atoms. The topological polar surface area (TPSA) is 92.5 Å². The fourth-order valence-corrected chi connectivity index (χ4v) is 1.53. The Labute approximate surface area is 87.8 Å². The monoisotopic (exact) mass is 213 g/mol. The van der Waals surface area contributed by atoms with Gasteiger partial charge in [0.2, 0.25) is 17.7 Å². The lowest BCUT2D eigenvalue weighted by Crippen LogP contribution is -2.47. The molecule has 3 amide bonds. The molecule has 0 bridgehead atoms. The quantitative estimate of drug-likeness (QED) is 0.561. The van der Waals surface area contributed by atoms with E-state index in [0.29, 0.717) is 6.54 Å². The van der Waals surface area contributed by atoms with Crippen molar-refractivity contribution in [3.05, 3.63) is 0 Å². The van der Waals surface area contributed by atoms with E-state index < -0.39 is 18.0 Å². The highest BCUT2D eigenvalue weighted by molar-refractivity contribution is 6.05. The molecule has 84 valence electrons. The predicted molar refractivity (Wildman–Crippen MR) is 52.6 cm³/mol. The van der Waals surface area contributed by atoms with Crippen LogP contribution in [0, 0.1) is 0 Å². The van der Waals surface area contributed by atoms with Crippen LogP contribution in [-0.4, -0.2) is 41.2 Å². The van der Waals surface area contributed by atoms with Gasteiger partial charge in [0.05, 0.1) is 18.5 Å². The van der Waals surface area contributed by atoms with Crippen LogP contribution in [0.15, 0.2) is 0 Å². The molecular weight excluding hydrogens is 198 g/mol. The first-order valence-electron chi connectivity index (χ1n) is 4.87. The number of imide groups is 1. The maximum atomic E-state index is 11.6. The smallest absolute Gasteiger partial charge is 0.246 e. The number of primary amides is 1. The molecule has 0 aromatic rings. The summed E-state index contributed by atoms with van der Waals surface area (Å²) in [7, 11) is 0. The molecule has 2 unspecified atom stereocenters. The molecule has 0 aliphatic carbocycles. The largest absolute Gasteiger partial charge is 0.368 e. The molecule has 1 saturated heterocycles. The number of hydrogen-bond donors (Lipinski definition) is 2. The number of hydrogen-bond acceptors (Lipinski definition) is 4. The van der Waals surface area contributed by atoms with E-state index in [2.05, 4.69) is 5.32 Å². The Morgan fingerprint density at radius 1 is 1.67 bits per heavy atom. The summed E-state index contributed by atoms with van der Waals surface area (Å²) in [4.78, 5) is 34.9. The normalized spacial score (nSPS) is 23.3. The first-order chi connectivity index (χ1) is 6.97. The van der Waals surface area contributed by atoms with Crippen molar-refractivity contribution in [2.45, 2.75) is 32.4 Å². The van der Waals surface area contributed by atoms with Gasteiger partial charge >= 0.3 is 0 Å². The third-order valence-electron chi connectivity index (χ3n) is 2.44. The van der Waals surface area contributed by atoms with Crippen LogP contribution >= 0.6 is 0 Å². The van der Waals surface area contributed by atoms with Crippen LogP contribution in [0.25, 0.3) is 0 Å². The molecule has 1 aliphatic heterocycles. The van der Waals surface area contributed by atoms with E-state index in [9.17, 15) is 14.4 Å². The second-order valence-corrected chi connectivity index (χ2v) is 3.52. The standard InChI is InChI=1S/C9H15N3O3/c1-3-12-7(13)4-6(9(12)15)11-5(2)8(10)14/h5-6,11H,3-4H2,1-2H3,(H2,10,14). The van der Waals surface area contributed by atoms with Crippen molar-refractivity contribution in [1.82, 2.24) is 10.2 Å². The Kier molecular flexibility index (Phi) is 3.41. The highest BCUT2D eigenvalue weighted by atomic mass is 16.2. The van der Waals surface area contributed by atoms with Gasteiger partial charge in [-0.3, -0.25) is 24.6 Å². The van der Waals surface area contributed by atoms with Crippen molar-refractivity contribution in [3.63, 3.8) is 0 Å². The van der Waals surface area contributed by atoms with E-state index in [-0.39, 0.29) is 18.2 Å². The average molecular weight is 213 g/mol. The SMILES string of the molecule is CCN1C(=O)CC(NC(C)C(N)=O)C1=O. The van der Waals surface area contributed by atoms with E-state index in [1.165, 1.54) is 4.90 Å². The lowest BCUT2D eigenvalue weighted by Gasteiger charge is -2.15. The van der Waals surface area contributed by atoms with Gasteiger partial charge in [-0.2, -0.15) is 0 Å². The molecule has 0 saturated carbocycles. The molecule has 1 rings (SSSR count). The summed E-state index contributed by atoms with van der Waals surface area (Å²) in [5, 5.41) is 2.74. The lowest BCUT2D eigenvalue weighted by atomic mass is 10.2. The lowest BCUT2D eigenvalue weighted by molar-refractivity contribution is -0.138. The summed E-state index contributed by atoms with van der Waals surface area (Å²) in [6.07, 6.45) is 0.101. The molecular formula is C9H15N3O3. The minimum absolute atomic E-state index is 0.101. The van der Waals surface area contributed by atoms with Crippen molar-refractivity contribution in [3.8, 4) is 0 Å². The van der Waals surface area contributed by atoms with E-state index in [1.807, 2.05) is 0 Å². The molecule has 0 aromatic carbocycles. The van der Waals surface area contributed by atoms with Crippen LogP contribution in [0.3, 0.4) is 0 Å². The molecule has 6 heteroatoms. The molecule has 0 aromatic heterocycles. The van der Waals surface area contributed by atoms with Crippen LogP contribution in [0.5, 0.6) is 0 Å². The first-order valence-corrected chi connectivity index (χ1v) is 4.87. The summed E-state index contributed by atoms with van der Waals surface area (Å²) in [5.41, 5.74) is 5.05. The Hall–Kier alpha value is -1.43. The minimum Gasteiger partial charge on any atom is -0.368 e. The Morgan fingerprint density at radius 3 is 2.67 bits per heavy atom. The number of rotatable bonds is 4. The van der Waals surface area contributed by atoms with Crippen LogP contribution in [0.2, 0.25) is 0 Å². The molecule has 15 heavy (non-hydrogen) atoms. The predicted octanol–water partition coefficient (Wildman–Crippen LogP) is -1.40. The summed E-state index contributed by atoms with van der Waals surface area (Å²) >= 11 is 0. The molecule has 6 nitrogen and oxygen atoms in total. The van der Waals surface area contributed by atoms with Crippen LogP contribution < -0.4 is 11.1 Å². The summed E-state index contributed by atoms with van der Waals surface area (Å²) in [6.45, 7) is 3.66. The van der Waals surface area contributed by atoms with Gasteiger partial charge in [-0.15, -0.1) is 0 Å². The summed E-state index contributed by atoms with van der Waals surface area (Å²) in [6, 6.07) is -1.22. The maximum Gasteiger partial charge on any atom is 0.246 e. The molecule has 2 atom stereocenters. The average Bonchev–Trinajstić information content (AvgIpc) is 2.41.